The third-order valence-corrected chi connectivity index (χ3v) is 2.10. The monoisotopic (exact) mass is 219 g/mol. The molecule has 84 valence electrons. The minimum absolute atomic E-state index is 0.521. The molecule has 0 fully saturated rings. The Labute approximate surface area is 93.4 Å². The standard InChI is InChI=1S/C11H13N3O2/c1-8-13-14-11(16-8)7-12-9-3-5-10(15-2)6-4-9/h3-6,12H,7H2,1-2H3. The highest BCUT2D eigenvalue weighted by molar-refractivity contribution is 5.46. The summed E-state index contributed by atoms with van der Waals surface area (Å²) in [5.74, 6) is 1.99. The van der Waals surface area contributed by atoms with Crippen LogP contribution in [0.5, 0.6) is 5.75 Å². The van der Waals surface area contributed by atoms with Crippen molar-refractivity contribution in [2.45, 2.75) is 13.5 Å². The number of rotatable bonds is 4. The Balaban J connectivity index is 1.94. The van der Waals surface area contributed by atoms with Crippen LogP contribution >= 0.6 is 0 Å². The van der Waals surface area contributed by atoms with Crippen LogP contribution in [0.25, 0.3) is 0 Å². The fourth-order valence-electron chi connectivity index (χ4n) is 1.30. The predicted molar refractivity (Wildman–Crippen MR) is 59.4 cm³/mol. The maximum Gasteiger partial charge on any atom is 0.235 e. The molecule has 0 saturated heterocycles. The molecule has 1 aromatic heterocycles. The van der Waals surface area contributed by atoms with Crippen LogP contribution < -0.4 is 10.1 Å². The van der Waals surface area contributed by atoms with E-state index in [1.807, 2.05) is 24.3 Å². The van der Waals surface area contributed by atoms with Gasteiger partial charge in [0.25, 0.3) is 0 Å². The molecule has 0 bridgehead atoms. The van der Waals surface area contributed by atoms with E-state index in [9.17, 15) is 0 Å². The average Bonchev–Trinajstić information content (AvgIpc) is 2.73. The fraction of sp³-hybridized carbons (Fsp3) is 0.273. The van der Waals surface area contributed by atoms with Crippen LogP contribution in [0.3, 0.4) is 0 Å². The predicted octanol–water partition coefficient (Wildman–Crippen LogP) is 2.00. The Hall–Kier alpha value is -2.04. The van der Waals surface area contributed by atoms with Gasteiger partial charge in [0.15, 0.2) is 0 Å². The van der Waals surface area contributed by atoms with Gasteiger partial charge in [0.1, 0.15) is 5.75 Å². The van der Waals surface area contributed by atoms with Gasteiger partial charge < -0.3 is 14.5 Å². The van der Waals surface area contributed by atoms with Gasteiger partial charge in [0.05, 0.1) is 13.7 Å². The molecule has 0 amide bonds. The summed E-state index contributed by atoms with van der Waals surface area (Å²) in [4.78, 5) is 0. The van der Waals surface area contributed by atoms with Gasteiger partial charge in [-0.2, -0.15) is 0 Å². The number of methoxy groups -OCH3 is 1. The number of ether oxygens (including phenoxy) is 1. The lowest BCUT2D eigenvalue weighted by atomic mass is 10.3. The molecule has 0 unspecified atom stereocenters. The van der Waals surface area contributed by atoms with Crippen molar-refractivity contribution in [1.29, 1.82) is 0 Å². The summed E-state index contributed by atoms with van der Waals surface area (Å²) in [6, 6.07) is 7.65. The number of anilines is 1. The van der Waals surface area contributed by atoms with E-state index in [0.29, 0.717) is 18.3 Å². The van der Waals surface area contributed by atoms with Gasteiger partial charge in [-0.3, -0.25) is 0 Å². The Kier molecular flexibility index (Phi) is 3.05. The molecule has 1 N–H and O–H groups in total. The van der Waals surface area contributed by atoms with Crippen LogP contribution in [0, 0.1) is 6.92 Å². The zero-order valence-electron chi connectivity index (χ0n) is 9.23. The van der Waals surface area contributed by atoms with Gasteiger partial charge in [0, 0.05) is 12.6 Å². The molecule has 0 radical (unpaired) electrons. The number of benzene rings is 1. The molecule has 1 aromatic carbocycles. The summed E-state index contributed by atoms with van der Waals surface area (Å²) in [6.07, 6.45) is 0. The van der Waals surface area contributed by atoms with Crippen molar-refractivity contribution in [2.75, 3.05) is 12.4 Å². The average molecular weight is 219 g/mol. The highest BCUT2D eigenvalue weighted by Gasteiger charge is 2.01. The van der Waals surface area contributed by atoms with Gasteiger partial charge in [-0.15, -0.1) is 10.2 Å². The molecule has 0 aliphatic rings. The number of hydrogen-bond donors (Lipinski definition) is 1. The van der Waals surface area contributed by atoms with Gasteiger partial charge in [-0.1, -0.05) is 0 Å². The summed E-state index contributed by atoms with van der Waals surface area (Å²) in [7, 11) is 1.64. The van der Waals surface area contributed by atoms with E-state index in [2.05, 4.69) is 15.5 Å². The molecule has 5 heteroatoms. The first kappa shape index (κ1) is 10.5. The van der Waals surface area contributed by atoms with Crippen molar-refractivity contribution in [1.82, 2.24) is 10.2 Å². The van der Waals surface area contributed by atoms with Crippen molar-refractivity contribution in [2.24, 2.45) is 0 Å². The minimum atomic E-state index is 0.521. The largest absolute Gasteiger partial charge is 0.497 e. The van der Waals surface area contributed by atoms with E-state index >= 15 is 0 Å². The molecule has 0 saturated carbocycles. The van der Waals surface area contributed by atoms with E-state index in [4.69, 9.17) is 9.15 Å². The van der Waals surface area contributed by atoms with Gasteiger partial charge in [0.2, 0.25) is 11.8 Å². The molecule has 2 rings (SSSR count). The maximum absolute atomic E-state index is 5.24. The summed E-state index contributed by atoms with van der Waals surface area (Å²) in [6.45, 7) is 2.29. The fourth-order valence-corrected chi connectivity index (χ4v) is 1.30. The Morgan fingerprint density at radius 1 is 1.25 bits per heavy atom. The zero-order valence-corrected chi connectivity index (χ0v) is 9.23. The number of hydrogen-bond acceptors (Lipinski definition) is 5. The summed E-state index contributed by atoms with van der Waals surface area (Å²) < 4.78 is 10.3. The topological polar surface area (TPSA) is 60.2 Å². The van der Waals surface area contributed by atoms with Crippen molar-refractivity contribution in [3.05, 3.63) is 36.0 Å². The van der Waals surface area contributed by atoms with Crippen molar-refractivity contribution in [3.8, 4) is 5.75 Å². The number of nitrogens with zero attached hydrogens (tertiary/aromatic N) is 2. The van der Waals surface area contributed by atoms with E-state index in [1.54, 1.807) is 14.0 Å². The first-order valence-electron chi connectivity index (χ1n) is 4.95. The quantitative estimate of drug-likeness (QED) is 0.852. The second-order valence-electron chi connectivity index (χ2n) is 3.30. The molecular weight excluding hydrogens is 206 g/mol. The van der Waals surface area contributed by atoms with Crippen molar-refractivity contribution in [3.63, 3.8) is 0 Å². The van der Waals surface area contributed by atoms with Crippen LogP contribution in [0.2, 0.25) is 0 Å². The molecule has 16 heavy (non-hydrogen) atoms. The molecule has 0 spiro atoms. The summed E-state index contributed by atoms with van der Waals surface area (Å²) in [5, 5.41) is 10.8. The van der Waals surface area contributed by atoms with Crippen molar-refractivity contribution >= 4 is 5.69 Å². The molecule has 5 nitrogen and oxygen atoms in total. The van der Waals surface area contributed by atoms with E-state index in [0.717, 1.165) is 11.4 Å². The van der Waals surface area contributed by atoms with E-state index in [1.165, 1.54) is 0 Å². The maximum atomic E-state index is 5.24. The van der Waals surface area contributed by atoms with Gasteiger partial charge in [-0.25, -0.2) is 0 Å². The molecule has 1 heterocycles. The van der Waals surface area contributed by atoms with Crippen LogP contribution in [-0.2, 0) is 6.54 Å². The van der Waals surface area contributed by atoms with Gasteiger partial charge in [-0.05, 0) is 24.3 Å². The highest BCUT2D eigenvalue weighted by Crippen LogP contribution is 2.15. The minimum Gasteiger partial charge on any atom is -0.497 e. The highest BCUT2D eigenvalue weighted by atomic mass is 16.5. The van der Waals surface area contributed by atoms with Gasteiger partial charge >= 0.3 is 0 Å². The molecule has 0 atom stereocenters. The Morgan fingerprint density at radius 3 is 2.56 bits per heavy atom. The van der Waals surface area contributed by atoms with Crippen LogP contribution in [0.4, 0.5) is 5.69 Å². The summed E-state index contributed by atoms with van der Waals surface area (Å²) in [5.41, 5.74) is 0.983. The second-order valence-corrected chi connectivity index (χ2v) is 3.30. The Morgan fingerprint density at radius 2 is 2.00 bits per heavy atom. The Bertz CT molecular complexity index is 451. The third kappa shape index (κ3) is 2.50. The normalized spacial score (nSPS) is 10.1. The number of aryl methyl sites for hydroxylation is 1. The lowest BCUT2D eigenvalue weighted by Crippen LogP contribution is -1.99. The van der Waals surface area contributed by atoms with E-state index in [-0.39, 0.29) is 0 Å². The molecular formula is C11H13N3O2. The smallest absolute Gasteiger partial charge is 0.235 e. The molecule has 2 aromatic rings. The van der Waals surface area contributed by atoms with Crippen LogP contribution in [0.15, 0.2) is 28.7 Å². The second kappa shape index (κ2) is 4.65. The van der Waals surface area contributed by atoms with Crippen molar-refractivity contribution < 1.29 is 9.15 Å². The first-order valence-corrected chi connectivity index (χ1v) is 4.95. The van der Waals surface area contributed by atoms with Crippen LogP contribution in [0.1, 0.15) is 11.8 Å². The number of nitrogens with one attached hydrogen (secondary N) is 1. The number of aromatic nitrogens is 2. The van der Waals surface area contributed by atoms with E-state index < -0.39 is 0 Å². The third-order valence-electron chi connectivity index (χ3n) is 2.10. The lowest BCUT2D eigenvalue weighted by molar-refractivity contribution is 0.415. The first-order chi connectivity index (χ1) is 7.78. The van der Waals surface area contributed by atoms with Crippen LogP contribution in [-0.4, -0.2) is 17.3 Å². The summed E-state index contributed by atoms with van der Waals surface area (Å²) >= 11 is 0. The molecule has 0 aliphatic carbocycles. The lowest BCUT2D eigenvalue weighted by Gasteiger charge is -2.04. The zero-order chi connectivity index (χ0) is 11.4. The molecule has 0 aliphatic heterocycles. The SMILES string of the molecule is COc1ccc(NCc2nnc(C)o2)cc1.